The second kappa shape index (κ2) is 7.62. The Morgan fingerprint density at radius 2 is 2.20 bits per heavy atom. The molecule has 1 aromatic carbocycles. The number of carbonyl (C=O) groups is 1. The highest BCUT2D eigenvalue weighted by Gasteiger charge is 2.20. The molecule has 2 N–H and O–H groups in total. The van der Waals surface area contributed by atoms with Gasteiger partial charge in [-0.15, -0.1) is 12.4 Å². The third-order valence-corrected chi connectivity index (χ3v) is 3.71. The maximum atomic E-state index is 12.0. The average Bonchev–Trinajstić information content (AvgIpc) is 2.86. The number of rotatable bonds is 4. The molecular formula is C15H24ClN3O. The minimum absolute atomic E-state index is 0. The van der Waals surface area contributed by atoms with Crippen molar-refractivity contribution in [2.45, 2.75) is 26.3 Å². The number of likely N-dealkylation sites (N-methyl/N-ethyl adjacent to an activating group) is 1. The van der Waals surface area contributed by atoms with Gasteiger partial charge in [0.1, 0.15) is 0 Å². The summed E-state index contributed by atoms with van der Waals surface area (Å²) in [6, 6.07) is 6.55. The van der Waals surface area contributed by atoms with Gasteiger partial charge in [-0.25, -0.2) is 0 Å². The molecule has 1 aliphatic rings. The van der Waals surface area contributed by atoms with Gasteiger partial charge in [0.2, 0.25) is 5.91 Å². The summed E-state index contributed by atoms with van der Waals surface area (Å²) in [6.45, 7) is 6.55. The summed E-state index contributed by atoms with van der Waals surface area (Å²) in [5.41, 5.74) is 3.23. The molecule has 0 bridgehead atoms. The summed E-state index contributed by atoms with van der Waals surface area (Å²) in [7, 11) is 2.01. The van der Waals surface area contributed by atoms with Gasteiger partial charge >= 0.3 is 0 Å². The zero-order chi connectivity index (χ0) is 13.8. The molecule has 1 saturated heterocycles. The number of aryl methyl sites for hydroxylation is 2. The minimum atomic E-state index is 0. The molecular weight excluding hydrogens is 274 g/mol. The van der Waals surface area contributed by atoms with Crippen molar-refractivity contribution in [1.82, 2.24) is 10.2 Å². The Labute approximate surface area is 127 Å². The molecule has 0 aliphatic carbocycles. The summed E-state index contributed by atoms with van der Waals surface area (Å²) >= 11 is 0. The monoisotopic (exact) mass is 297 g/mol. The number of nitrogens with zero attached hydrogens (tertiary/aromatic N) is 1. The van der Waals surface area contributed by atoms with Crippen LogP contribution in [0.3, 0.4) is 0 Å². The summed E-state index contributed by atoms with van der Waals surface area (Å²) in [4.78, 5) is 14.2. The predicted molar refractivity (Wildman–Crippen MR) is 85.7 cm³/mol. The van der Waals surface area contributed by atoms with Gasteiger partial charge in [-0.3, -0.25) is 9.69 Å². The smallest absolute Gasteiger partial charge is 0.238 e. The molecule has 4 nitrogen and oxygen atoms in total. The van der Waals surface area contributed by atoms with Gasteiger partial charge in [-0.1, -0.05) is 17.7 Å². The topological polar surface area (TPSA) is 44.4 Å². The highest BCUT2D eigenvalue weighted by atomic mass is 35.5. The Balaban J connectivity index is 0.00000200. The molecule has 5 heteroatoms. The number of amides is 1. The Kier molecular flexibility index (Phi) is 6.46. The SMILES string of the molecule is Cc1ccc(NC(=O)CN(C)C2CCNC2)c(C)c1.Cl. The van der Waals surface area contributed by atoms with Crippen molar-refractivity contribution in [1.29, 1.82) is 0 Å². The van der Waals surface area contributed by atoms with Crippen molar-refractivity contribution < 1.29 is 4.79 Å². The third-order valence-electron chi connectivity index (χ3n) is 3.71. The first-order chi connectivity index (χ1) is 9.06. The normalized spacial score (nSPS) is 17.9. The summed E-state index contributed by atoms with van der Waals surface area (Å²) in [5.74, 6) is 0.0568. The van der Waals surface area contributed by atoms with Crippen molar-refractivity contribution in [3.05, 3.63) is 29.3 Å². The first-order valence-corrected chi connectivity index (χ1v) is 6.84. The van der Waals surface area contributed by atoms with Crippen LogP contribution in [0.25, 0.3) is 0 Å². The zero-order valence-corrected chi connectivity index (χ0v) is 13.2. The van der Waals surface area contributed by atoms with Crippen LogP contribution in [0.5, 0.6) is 0 Å². The molecule has 1 unspecified atom stereocenters. The first-order valence-electron chi connectivity index (χ1n) is 6.84. The van der Waals surface area contributed by atoms with E-state index in [4.69, 9.17) is 0 Å². The minimum Gasteiger partial charge on any atom is -0.325 e. The van der Waals surface area contributed by atoms with E-state index in [9.17, 15) is 4.79 Å². The molecule has 0 saturated carbocycles. The van der Waals surface area contributed by atoms with Gasteiger partial charge in [0.05, 0.1) is 6.54 Å². The van der Waals surface area contributed by atoms with Crippen LogP contribution in [-0.2, 0) is 4.79 Å². The lowest BCUT2D eigenvalue weighted by atomic mass is 10.1. The molecule has 1 heterocycles. The van der Waals surface area contributed by atoms with Crippen molar-refractivity contribution in [2.75, 3.05) is 32.0 Å². The van der Waals surface area contributed by atoms with Crippen molar-refractivity contribution in [3.63, 3.8) is 0 Å². The van der Waals surface area contributed by atoms with E-state index in [1.54, 1.807) is 0 Å². The Morgan fingerprint density at radius 1 is 1.45 bits per heavy atom. The van der Waals surface area contributed by atoms with Crippen molar-refractivity contribution >= 4 is 24.0 Å². The number of nitrogens with one attached hydrogen (secondary N) is 2. The number of hydrogen-bond acceptors (Lipinski definition) is 3. The summed E-state index contributed by atoms with van der Waals surface area (Å²) in [5, 5.41) is 6.31. The third kappa shape index (κ3) is 4.47. The fourth-order valence-corrected chi connectivity index (χ4v) is 2.51. The largest absolute Gasteiger partial charge is 0.325 e. The fraction of sp³-hybridized carbons (Fsp3) is 0.533. The van der Waals surface area contributed by atoms with Crippen LogP contribution in [0.1, 0.15) is 17.5 Å². The van der Waals surface area contributed by atoms with E-state index in [0.717, 1.165) is 30.8 Å². The van der Waals surface area contributed by atoms with Gasteiger partial charge in [0, 0.05) is 18.3 Å². The average molecular weight is 298 g/mol. The van der Waals surface area contributed by atoms with Crippen LogP contribution in [0.15, 0.2) is 18.2 Å². The molecule has 20 heavy (non-hydrogen) atoms. The molecule has 1 aliphatic heterocycles. The van der Waals surface area contributed by atoms with E-state index in [1.807, 2.05) is 26.1 Å². The quantitative estimate of drug-likeness (QED) is 0.893. The van der Waals surface area contributed by atoms with Gasteiger partial charge in [0.15, 0.2) is 0 Å². The Hall–Kier alpha value is -1.10. The van der Waals surface area contributed by atoms with Crippen LogP contribution >= 0.6 is 12.4 Å². The lowest BCUT2D eigenvalue weighted by molar-refractivity contribution is -0.117. The summed E-state index contributed by atoms with van der Waals surface area (Å²) in [6.07, 6.45) is 1.12. The Morgan fingerprint density at radius 3 is 2.80 bits per heavy atom. The molecule has 1 fully saturated rings. The molecule has 2 rings (SSSR count). The molecule has 0 aromatic heterocycles. The van der Waals surface area contributed by atoms with Crippen LogP contribution in [0.4, 0.5) is 5.69 Å². The van der Waals surface area contributed by atoms with Crippen LogP contribution in [-0.4, -0.2) is 43.5 Å². The van der Waals surface area contributed by atoms with E-state index in [2.05, 4.69) is 28.5 Å². The molecule has 1 aromatic rings. The van der Waals surface area contributed by atoms with Gasteiger partial charge in [-0.05, 0) is 45.5 Å². The van der Waals surface area contributed by atoms with E-state index in [0.29, 0.717) is 12.6 Å². The van der Waals surface area contributed by atoms with Crippen molar-refractivity contribution in [2.24, 2.45) is 0 Å². The van der Waals surface area contributed by atoms with E-state index in [-0.39, 0.29) is 18.3 Å². The van der Waals surface area contributed by atoms with Crippen LogP contribution < -0.4 is 10.6 Å². The van der Waals surface area contributed by atoms with E-state index in [1.165, 1.54) is 5.56 Å². The summed E-state index contributed by atoms with van der Waals surface area (Å²) < 4.78 is 0. The molecule has 1 amide bonds. The molecule has 1 atom stereocenters. The van der Waals surface area contributed by atoms with E-state index >= 15 is 0 Å². The second-order valence-corrected chi connectivity index (χ2v) is 5.43. The number of anilines is 1. The van der Waals surface area contributed by atoms with E-state index < -0.39 is 0 Å². The highest BCUT2D eigenvalue weighted by molar-refractivity contribution is 5.93. The maximum Gasteiger partial charge on any atom is 0.238 e. The maximum absolute atomic E-state index is 12.0. The second-order valence-electron chi connectivity index (χ2n) is 5.43. The Bertz CT molecular complexity index is 458. The fourth-order valence-electron chi connectivity index (χ4n) is 2.51. The lowest BCUT2D eigenvalue weighted by Gasteiger charge is -2.22. The molecule has 0 radical (unpaired) electrons. The standard InChI is InChI=1S/C15H23N3O.ClH/c1-11-4-5-14(12(2)8-11)17-15(19)10-18(3)13-6-7-16-9-13;/h4-5,8,13,16H,6-7,9-10H2,1-3H3,(H,17,19);1H. The number of benzene rings is 1. The van der Waals surface area contributed by atoms with Crippen LogP contribution in [0, 0.1) is 13.8 Å². The lowest BCUT2D eigenvalue weighted by Crippen LogP contribution is -2.39. The number of hydrogen-bond donors (Lipinski definition) is 2. The van der Waals surface area contributed by atoms with Gasteiger partial charge in [-0.2, -0.15) is 0 Å². The number of halogens is 1. The molecule has 0 spiro atoms. The van der Waals surface area contributed by atoms with Crippen LogP contribution in [0.2, 0.25) is 0 Å². The molecule has 112 valence electrons. The van der Waals surface area contributed by atoms with Gasteiger partial charge < -0.3 is 10.6 Å². The highest BCUT2D eigenvalue weighted by Crippen LogP contribution is 2.16. The van der Waals surface area contributed by atoms with Crippen molar-refractivity contribution in [3.8, 4) is 0 Å². The first kappa shape index (κ1) is 17.0. The zero-order valence-electron chi connectivity index (χ0n) is 12.4. The van der Waals surface area contributed by atoms with Gasteiger partial charge in [0.25, 0.3) is 0 Å². The number of carbonyl (C=O) groups excluding carboxylic acids is 1. The predicted octanol–water partition coefficient (Wildman–Crippen LogP) is 1.96.